The molecule has 0 aliphatic rings. The van der Waals surface area contributed by atoms with Crippen LogP contribution in [0.3, 0.4) is 0 Å². The highest BCUT2D eigenvalue weighted by Crippen LogP contribution is 2.20. The Kier molecular flexibility index (Phi) is 1.71. The fourth-order valence-electron chi connectivity index (χ4n) is 0.874. The van der Waals surface area contributed by atoms with Crippen LogP contribution in [0.5, 0.6) is 0 Å². The van der Waals surface area contributed by atoms with Gasteiger partial charge in [-0.05, 0) is 6.07 Å². The summed E-state index contributed by atoms with van der Waals surface area (Å²) in [5, 5.41) is 8.47. The molecule has 12 heavy (non-hydrogen) atoms. The lowest BCUT2D eigenvalue weighted by Gasteiger charge is -1.94. The molecule has 0 saturated heterocycles. The average molecular weight is 178 g/mol. The fraction of sp³-hybridized carbons (Fsp3) is 0. The van der Waals surface area contributed by atoms with Crippen molar-refractivity contribution in [2.45, 2.75) is 0 Å². The van der Waals surface area contributed by atoms with Crippen LogP contribution in [0.15, 0.2) is 24.0 Å². The number of nitrogen functional groups attached to an aromatic ring is 1. The van der Waals surface area contributed by atoms with Gasteiger partial charge in [-0.25, -0.2) is 0 Å². The van der Waals surface area contributed by atoms with E-state index in [0.717, 1.165) is 10.6 Å². The molecule has 2 aromatic rings. The molecule has 0 saturated carbocycles. The number of hydrogen-bond donors (Lipinski definition) is 1. The molecule has 2 heterocycles. The molecule has 2 N–H and O–H groups in total. The van der Waals surface area contributed by atoms with E-state index in [0.29, 0.717) is 5.69 Å². The van der Waals surface area contributed by atoms with Gasteiger partial charge in [-0.15, -0.1) is 10.2 Å². The van der Waals surface area contributed by atoms with Crippen LogP contribution in [0.1, 0.15) is 0 Å². The predicted molar refractivity (Wildman–Crippen MR) is 47.6 cm³/mol. The highest BCUT2D eigenvalue weighted by atomic mass is 32.1. The smallest absolute Gasteiger partial charge is 0.149 e. The van der Waals surface area contributed by atoms with Gasteiger partial charge in [0, 0.05) is 18.0 Å². The highest BCUT2D eigenvalue weighted by Gasteiger charge is 2.00. The van der Waals surface area contributed by atoms with Crippen molar-refractivity contribution in [3.8, 4) is 10.6 Å². The van der Waals surface area contributed by atoms with Gasteiger partial charge in [-0.2, -0.15) is 0 Å². The Morgan fingerprint density at radius 3 is 2.92 bits per heavy atom. The molecule has 0 aliphatic carbocycles. The van der Waals surface area contributed by atoms with Crippen molar-refractivity contribution in [3.63, 3.8) is 0 Å². The zero-order valence-corrected chi connectivity index (χ0v) is 6.95. The summed E-state index contributed by atoms with van der Waals surface area (Å²) in [5.74, 6) is 0. The first-order valence-corrected chi connectivity index (χ1v) is 4.21. The summed E-state index contributed by atoms with van der Waals surface area (Å²) in [7, 11) is 0. The van der Waals surface area contributed by atoms with Crippen LogP contribution in [-0.2, 0) is 0 Å². The first kappa shape index (κ1) is 7.17. The summed E-state index contributed by atoms with van der Waals surface area (Å²) >= 11 is 1.47. The summed E-state index contributed by atoms with van der Waals surface area (Å²) in [5.41, 5.74) is 8.79. The topological polar surface area (TPSA) is 64.7 Å². The van der Waals surface area contributed by atoms with E-state index in [2.05, 4.69) is 15.2 Å². The first-order chi connectivity index (χ1) is 5.86. The van der Waals surface area contributed by atoms with Gasteiger partial charge in [0.05, 0.1) is 5.69 Å². The van der Waals surface area contributed by atoms with Gasteiger partial charge in [-0.1, -0.05) is 11.3 Å². The molecule has 0 fully saturated rings. The van der Waals surface area contributed by atoms with E-state index in [1.54, 1.807) is 17.9 Å². The van der Waals surface area contributed by atoms with Gasteiger partial charge in [0.2, 0.25) is 0 Å². The Bertz CT molecular complexity index is 371. The van der Waals surface area contributed by atoms with Crippen LogP contribution in [0.2, 0.25) is 0 Å². The molecular formula is C7H6N4S. The number of rotatable bonds is 1. The Morgan fingerprint density at radius 1 is 1.33 bits per heavy atom. The molecule has 0 aliphatic heterocycles. The van der Waals surface area contributed by atoms with Crippen molar-refractivity contribution in [3.05, 3.63) is 24.0 Å². The number of anilines is 1. The van der Waals surface area contributed by atoms with Gasteiger partial charge in [-0.3, -0.25) is 4.98 Å². The number of hydrogen-bond acceptors (Lipinski definition) is 5. The van der Waals surface area contributed by atoms with Crippen LogP contribution in [0.25, 0.3) is 10.6 Å². The summed E-state index contributed by atoms with van der Waals surface area (Å²) in [6, 6.07) is 1.83. The molecular weight excluding hydrogens is 172 g/mol. The highest BCUT2D eigenvalue weighted by molar-refractivity contribution is 7.12. The van der Waals surface area contributed by atoms with Gasteiger partial charge >= 0.3 is 0 Å². The largest absolute Gasteiger partial charge is 0.397 e. The average Bonchev–Trinajstić information content (AvgIpc) is 2.56. The molecule has 2 aromatic heterocycles. The minimum atomic E-state index is 0.641. The van der Waals surface area contributed by atoms with Crippen LogP contribution >= 0.6 is 11.3 Å². The molecule has 0 aromatic carbocycles. The standard InChI is InChI=1S/C7H6N4S/c8-6-1-5(2-9-3-6)7-11-10-4-12-7/h1-4H,8H2. The second-order valence-corrected chi connectivity index (χ2v) is 3.08. The fourth-order valence-corrected chi connectivity index (χ4v) is 1.41. The van der Waals surface area contributed by atoms with Gasteiger partial charge in [0.15, 0.2) is 0 Å². The number of nitrogens with two attached hydrogens (primary N) is 1. The van der Waals surface area contributed by atoms with E-state index >= 15 is 0 Å². The number of aromatic nitrogens is 3. The molecule has 60 valence electrons. The van der Waals surface area contributed by atoms with Crippen molar-refractivity contribution >= 4 is 17.0 Å². The minimum absolute atomic E-state index is 0.641. The van der Waals surface area contributed by atoms with Crippen molar-refractivity contribution in [2.24, 2.45) is 0 Å². The van der Waals surface area contributed by atoms with E-state index in [-0.39, 0.29) is 0 Å². The van der Waals surface area contributed by atoms with Gasteiger partial charge in [0.1, 0.15) is 10.5 Å². The lowest BCUT2D eigenvalue weighted by molar-refractivity contribution is 1.09. The van der Waals surface area contributed by atoms with E-state index in [1.807, 2.05) is 6.07 Å². The molecule has 0 spiro atoms. The third kappa shape index (κ3) is 1.26. The van der Waals surface area contributed by atoms with Crippen LogP contribution in [-0.4, -0.2) is 15.2 Å². The van der Waals surface area contributed by atoms with Crippen LogP contribution in [0, 0.1) is 0 Å². The summed E-state index contributed by atoms with van der Waals surface area (Å²) in [6.07, 6.45) is 3.32. The first-order valence-electron chi connectivity index (χ1n) is 3.33. The lowest BCUT2D eigenvalue weighted by atomic mass is 10.3. The maximum Gasteiger partial charge on any atom is 0.149 e. The van der Waals surface area contributed by atoms with Crippen LogP contribution in [0.4, 0.5) is 5.69 Å². The molecule has 0 amide bonds. The lowest BCUT2D eigenvalue weighted by Crippen LogP contribution is -1.87. The third-order valence-corrected chi connectivity index (χ3v) is 2.11. The van der Waals surface area contributed by atoms with Crippen molar-refractivity contribution in [1.29, 1.82) is 0 Å². The number of pyridine rings is 1. The molecule has 0 radical (unpaired) electrons. The predicted octanol–water partition coefficient (Wildman–Crippen LogP) is 1.18. The van der Waals surface area contributed by atoms with Crippen molar-refractivity contribution in [1.82, 2.24) is 15.2 Å². The van der Waals surface area contributed by atoms with Crippen molar-refractivity contribution in [2.75, 3.05) is 5.73 Å². The Morgan fingerprint density at radius 2 is 2.25 bits per heavy atom. The monoisotopic (exact) mass is 178 g/mol. The Balaban J connectivity index is 2.48. The minimum Gasteiger partial charge on any atom is -0.397 e. The van der Waals surface area contributed by atoms with E-state index in [4.69, 9.17) is 5.73 Å². The molecule has 5 heteroatoms. The normalized spacial score (nSPS) is 10.0. The van der Waals surface area contributed by atoms with E-state index in [9.17, 15) is 0 Å². The SMILES string of the molecule is Nc1cncc(-c2nncs2)c1. The summed E-state index contributed by atoms with van der Waals surface area (Å²) < 4.78 is 0. The van der Waals surface area contributed by atoms with E-state index in [1.165, 1.54) is 11.3 Å². The van der Waals surface area contributed by atoms with Gasteiger partial charge < -0.3 is 5.73 Å². The molecule has 2 rings (SSSR count). The summed E-state index contributed by atoms with van der Waals surface area (Å²) in [6.45, 7) is 0. The van der Waals surface area contributed by atoms with E-state index < -0.39 is 0 Å². The molecule has 0 unspecified atom stereocenters. The maximum absolute atomic E-state index is 5.56. The molecule has 4 nitrogen and oxygen atoms in total. The molecule has 0 atom stereocenters. The maximum atomic E-state index is 5.56. The van der Waals surface area contributed by atoms with Crippen molar-refractivity contribution < 1.29 is 0 Å². The van der Waals surface area contributed by atoms with Gasteiger partial charge in [0.25, 0.3) is 0 Å². The Labute approximate surface area is 73.1 Å². The number of nitrogens with zero attached hydrogens (tertiary/aromatic N) is 3. The second-order valence-electron chi connectivity index (χ2n) is 2.25. The Hall–Kier alpha value is -1.49. The summed E-state index contributed by atoms with van der Waals surface area (Å²) in [4.78, 5) is 3.95. The molecule has 0 bridgehead atoms. The second kappa shape index (κ2) is 2.86. The quantitative estimate of drug-likeness (QED) is 0.712. The third-order valence-electron chi connectivity index (χ3n) is 1.37. The zero-order valence-electron chi connectivity index (χ0n) is 6.14. The zero-order chi connectivity index (χ0) is 8.39. The van der Waals surface area contributed by atoms with Crippen LogP contribution < -0.4 is 5.73 Å².